The highest BCUT2D eigenvalue weighted by Gasteiger charge is 2.54. The predicted octanol–water partition coefficient (Wildman–Crippen LogP) is 2.74. The molecule has 0 radical (unpaired) electrons. The van der Waals surface area contributed by atoms with Gasteiger partial charge in [0.2, 0.25) is 0 Å². The van der Waals surface area contributed by atoms with Crippen LogP contribution in [-0.4, -0.2) is 0 Å². The van der Waals surface area contributed by atoms with Crippen LogP contribution in [-0.2, 0) is 15.9 Å². The number of hydrogen-bond acceptors (Lipinski definition) is 3. The lowest BCUT2D eigenvalue weighted by molar-refractivity contribution is -0.0662. The molecule has 0 aromatic heterocycles. The van der Waals surface area contributed by atoms with Gasteiger partial charge in [-0.3, -0.25) is 0 Å². The minimum atomic E-state index is -0.147. The van der Waals surface area contributed by atoms with Crippen LogP contribution in [0.3, 0.4) is 0 Å². The maximum absolute atomic E-state index is 6.12. The van der Waals surface area contributed by atoms with E-state index in [1.165, 1.54) is 11.1 Å². The van der Waals surface area contributed by atoms with E-state index in [2.05, 4.69) is 13.8 Å². The molecule has 0 saturated carbocycles. The second kappa shape index (κ2) is 2.92. The Balaban J connectivity index is 0.000000963. The van der Waals surface area contributed by atoms with E-state index >= 15 is 0 Å². The molecule has 2 unspecified atom stereocenters. The highest BCUT2D eigenvalue weighted by molar-refractivity contribution is 5.68. The molecule has 2 atom stereocenters. The van der Waals surface area contributed by atoms with Crippen molar-refractivity contribution in [2.24, 2.45) is 0 Å². The topological polar surface area (TPSA) is 61.3 Å². The third-order valence-corrected chi connectivity index (χ3v) is 3.89. The van der Waals surface area contributed by atoms with Gasteiger partial charge in [0.25, 0.3) is 0 Å². The predicted molar refractivity (Wildman–Crippen MR) is 67.0 cm³/mol. The van der Waals surface area contributed by atoms with Gasteiger partial charge in [0, 0.05) is 0 Å². The second-order valence-electron chi connectivity index (χ2n) is 5.09. The summed E-state index contributed by atoms with van der Waals surface area (Å²) in [5.74, 6) is 0. The highest BCUT2D eigenvalue weighted by atomic mass is 16.5. The monoisotopic (exact) mass is 220 g/mol. The molecule has 3 rings (SSSR count). The Morgan fingerprint density at radius 3 is 1.75 bits per heavy atom. The Kier molecular flexibility index (Phi) is 2.05. The first-order chi connectivity index (χ1) is 6.95. The molecule has 16 heavy (non-hydrogen) atoms. The summed E-state index contributed by atoms with van der Waals surface area (Å²) in [6, 6.07) is 3.96. The van der Waals surface area contributed by atoms with Crippen LogP contribution in [0.15, 0.2) is 12.1 Å². The number of ether oxygens (including phenoxy) is 1. The van der Waals surface area contributed by atoms with Gasteiger partial charge in [0.05, 0.1) is 22.6 Å². The van der Waals surface area contributed by atoms with Crippen molar-refractivity contribution in [2.45, 2.75) is 45.3 Å². The Bertz CT molecular complexity index is 416. The molecule has 2 bridgehead atoms. The van der Waals surface area contributed by atoms with E-state index in [1.807, 2.05) is 12.1 Å². The molecule has 1 aromatic carbocycles. The fourth-order valence-electron chi connectivity index (χ4n) is 2.96. The van der Waals surface area contributed by atoms with Crippen LogP contribution in [0.25, 0.3) is 0 Å². The summed E-state index contributed by atoms with van der Waals surface area (Å²) < 4.78 is 6.12. The maximum atomic E-state index is 6.12. The van der Waals surface area contributed by atoms with Crippen LogP contribution in [0.4, 0.5) is 11.4 Å². The van der Waals surface area contributed by atoms with Crippen LogP contribution in [0.2, 0.25) is 0 Å². The lowest BCUT2D eigenvalue weighted by Crippen LogP contribution is -2.18. The van der Waals surface area contributed by atoms with Crippen LogP contribution < -0.4 is 11.5 Å². The van der Waals surface area contributed by atoms with Crippen molar-refractivity contribution in [3.63, 3.8) is 0 Å². The van der Waals surface area contributed by atoms with Crippen molar-refractivity contribution >= 4 is 11.4 Å². The van der Waals surface area contributed by atoms with Crippen molar-refractivity contribution in [1.29, 1.82) is 0 Å². The second-order valence-corrected chi connectivity index (χ2v) is 5.09. The van der Waals surface area contributed by atoms with Gasteiger partial charge < -0.3 is 16.2 Å². The van der Waals surface area contributed by atoms with Gasteiger partial charge in [-0.2, -0.15) is 0 Å². The van der Waals surface area contributed by atoms with Gasteiger partial charge in [-0.05, 0) is 49.9 Å². The molecule has 0 spiro atoms. The molecular weight excluding hydrogens is 200 g/mol. The summed E-state index contributed by atoms with van der Waals surface area (Å²) >= 11 is 0. The maximum Gasteiger partial charge on any atom is 0.0921 e. The largest absolute Gasteiger partial charge is 0.397 e. The van der Waals surface area contributed by atoms with E-state index < -0.39 is 0 Å². The number of nitrogen functional groups attached to an aromatic ring is 2. The molecule has 0 aliphatic carbocycles. The average molecular weight is 220 g/mol. The van der Waals surface area contributed by atoms with Crippen LogP contribution in [0.5, 0.6) is 0 Å². The average Bonchev–Trinajstić information content (AvgIpc) is 2.57. The quantitative estimate of drug-likeness (QED) is 0.661. The minimum Gasteiger partial charge on any atom is -0.397 e. The number of benzene rings is 1. The van der Waals surface area contributed by atoms with E-state index in [0.29, 0.717) is 11.4 Å². The molecule has 1 aromatic rings. The Hall–Kier alpha value is -1.22. The van der Waals surface area contributed by atoms with Crippen molar-refractivity contribution in [3.05, 3.63) is 23.3 Å². The first-order valence-corrected chi connectivity index (χ1v) is 5.35. The van der Waals surface area contributed by atoms with E-state index in [-0.39, 0.29) is 18.6 Å². The fourth-order valence-corrected chi connectivity index (χ4v) is 2.96. The zero-order valence-corrected chi connectivity index (χ0v) is 9.13. The summed E-state index contributed by atoms with van der Waals surface area (Å²) in [7, 11) is 0. The van der Waals surface area contributed by atoms with Crippen molar-refractivity contribution in [3.8, 4) is 0 Å². The third-order valence-electron chi connectivity index (χ3n) is 3.89. The summed E-state index contributed by atoms with van der Waals surface area (Å²) in [6.07, 6.45) is 2.14. The zero-order chi connectivity index (χ0) is 10.8. The van der Waals surface area contributed by atoms with E-state index in [1.54, 1.807) is 0 Å². The fraction of sp³-hybridized carbons (Fsp3) is 0.538. The number of hydrogen-bond donors (Lipinski definition) is 2. The standard InChI is InChI=1S/C12H16N2O.CH4/c1-11-3-4-12(2,15-11)8-6-10(14)9(13)5-7(8)11;/h5-6H,3-4,13-14H2,1-2H3;1H4. The Morgan fingerprint density at radius 1 is 1.00 bits per heavy atom. The molecule has 3 heteroatoms. The number of anilines is 2. The summed E-state index contributed by atoms with van der Waals surface area (Å²) in [4.78, 5) is 0. The highest BCUT2D eigenvalue weighted by Crippen LogP contribution is 2.58. The van der Waals surface area contributed by atoms with Gasteiger partial charge in [-0.25, -0.2) is 0 Å². The van der Waals surface area contributed by atoms with E-state index in [0.717, 1.165) is 12.8 Å². The molecule has 2 heterocycles. The Morgan fingerprint density at radius 2 is 1.38 bits per heavy atom. The van der Waals surface area contributed by atoms with Crippen LogP contribution in [0.1, 0.15) is 45.2 Å². The van der Waals surface area contributed by atoms with Crippen LogP contribution in [0, 0.1) is 0 Å². The van der Waals surface area contributed by atoms with E-state index in [9.17, 15) is 0 Å². The summed E-state index contributed by atoms with van der Waals surface area (Å²) in [5.41, 5.74) is 15.2. The summed E-state index contributed by atoms with van der Waals surface area (Å²) in [6.45, 7) is 4.28. The molecule has 88 valence electrons. The van der Waals surface area contributed by atoms with Crippen molar-refractivity contribution in [2.75, 3.05) is 11.5 Å². The molecule has 0 amide bonds. The Labute approximate surface area is 96.8 Å². The number of nitrogens with two attached hydrogens (primary N) is 2. The van der Waals surface area contributed by atoms with Crippen LogP contribution >= 0.6 is 0 Å². The molecular formula is C13H20N2O. The SMILES string of the molecule is C.CC12CCC(C)(O1)c1cc(N)c(N)cc12. The molecule has 1 saturated heterocycles. The van der Waals surface area contributed by atoms with Gasteiger partial charge in [-0.1, -0.05) is 7.43 Å². The van der Waals surface area contributed by atoms with Crippen molar-refractivity contribution in [1.82, 2.24) is 0 Å². The van der Waals surface area contributed by atoms with Gasteiger partial charge >= 0.3 is 0 Å². The minimum absolute atomic E-state index is 0. The first-order valence-electron chi connectivity index (χ1n) is 5.35. The lowest BCUT2D eigenvalue weighted by atomic mass is 9.78. The first kappa shape index (κ1) is 11.3. The third kappa shape index (κ3) is 1.12. The normalized spacial score (nSPS) is 34.6. The summed E-state index contributed by atoms with van der Waals surface area (Å²) in [5, 5.41) is 0. The molecule has 2 aliphatic heterocycles. The van der Waals surface area contributed by atoms with Crippen molar-refractivity contribution < 1.29 is 4.74 Å². The smallest absolute Gasteiger partial charge is 0.0921 e. The number of rotatable bonds is 0. The zero-order valence-electron chi connectivity index (χ0n) is 9.13. The molecule has 1 fully saturated rings. The molecule has 2 aliphatic rings. The van der Waals surface area contributed by atoms with Gasteiger partial charge in [0.1, 0.15) is 0 Å². The van der Waals surface area contributed by atoms with Gasteiger partial charge in [-0.15, -0.1) is 0 Å². The number of fused-ring (bicyclic) bond motifs is 5. The molecule has 4 N–H and O–H groups in total. The lowest BCUT2D eigenvalue weighted by Gasteiger charge is -2.23. The molecule has 3 nitrogen and oxygen atoms in total. The van der Waals surface area contributed by atoms with Gasteiger partial charge in [0.15, 0.2) is 0 Å². The van der Waals surface area contributed by atoms with E-state index in [4.69, 9.17) is 16.2 Å².